The highest BCUT2D eigenvalue weighted by molar-refractivity contribution is 7.11. The number of pyridine rings is 1. The number of thiophene rings is 1. The molecule has 0 unspecified atom stereocenters. The summed E-state index contributed by atoms with van der Waals surface area (Å²) in [6.45, 7) is 8.97. The van der Waals surface area contributed by atoms with Crippen LogP contribution in [0.3, 0.4) is 0 Å². The lowest BCUT2D eigenvalue weighted by atomic mass is 9.96. The summed E-state index contributed by atoms with van der Waals surface area (Å²) in [6.07, 6.45) is -5.78. The van der Waals surface area contributed by atoms with Crippen molar-refractivity contribution in [3.05, 3.63) is 46.0 Å². The van der Waals surface area contributed by atoms with Crippen LogP contribution in [-0.4, -0.2) is 93.4 Å². The SMILES string of the molecule is Cc1ccc(CN2CCC(c3nc4ccc(N5CCOCC5)cn4n3)CC2)s1.O=C(O)C(F)(F)F.O=C(O)C(F)(F)F. The molecule has 0 radical (unpaired) electrons. The Morgan fingerprint density at radius 1 is 0.952 bits per heavy atom. The Labute approximate surface area is 240 Å². The van der Waals surface area contributed by atoms with E-state index >= 15 is 0 Å². The standard InChI is InChI=1S/C21H27N5OS.2C2HF3O2/c1-16-2-4-19(28-16)15-24-8-6-17(7-9-24)21-22-20-5-3-18(14-26(20)23-21)25-10-12-27-13-11-25;2*3-2(4,5)1(6)7/h2-5,14,17H,6-13,15H2,1H3;2*(H,6,7). The fourth-order valence-corrected chi connectivity index (χ4v) is 5.14. The van der Waals surface area contributed by atoms with E-state index in [-0.39, 0.29) is 0 Å². The molecule has 3 aromatic rings. The van der Waals surface area contributed by atoms with Crippen LogP contribution in [0.5, 0.6) is 0 Å². The van der Waals surface area contributed by atoms with Crippen molar-refractivity contribution >= 4 is 34.6 Å². The Bertz CT molecular complexity index is 1310. The Morgan fingerprint density at radius 3 is 2.02 bits per heavy atom. The van der Waals surface area contributed by atoms with Gasteiger partial charge in [-0.05, 0) is 57.1 Å². The number of alkyl halides is 6. The van der Waals surface area contributed by atoms with Gasteiger partial charge < -0.3 is 19.8 Å². The second-order valence-electron chi connectivity index (χ2n) is 9.43. The maximum Gasteiger partial charge on any atom is 0.490 e. The molecule has 5 rings (SSSR count). The summed E-state index contributed by atoms with van der Waals surface area (Å²) in [5.74, 6) is -4.04. The molecule has 0 aromatic carbocycles. The Balaban J connectivity index is 0.000000289. The van der Waals surface area contributed by atoms with Crippen molar-refractivity contribution in [1.82, 2.24) is 19.5 Å². The number of anilines is 1. The van der Waals surface area contributed by atoms with Gasteiger partial charge in [0, 0.05) is 35.3 Å². The third kappa shape index (κ3) is 9.84. The molecule has 2 aliphatic heterocycles. The van der Waals surface area contributed by atoms with E-state index in [0.717, 1.165) is 70.3 Å². The molecule has 2 N–H and O–H groups in total. The second-order valence-corrected chi connectivity index (χ2v) is 10.8. The maximum atomic E-state index is 10.6. The first kappa shape index (κ1) is 33.1. The van der Waals surface area contributed by atoms with E-state index in [1.165, 1.54) is 15.4 Å². The molecule has 232 valence electrons. The van der Waals surface area contributed by atoms with Crippen molar-refractivity contribution in [3.63, 3.8) is 0 Å². The summed E-state index contributed by atoms with van der Waals surface area (Å²) in [4.78, 5) is 30.4. The van der Waals surface area contributed by atoms with Crippen molar-refractivity contribution in [2.24, 2.45) is 0 Å². The van der Waals surface area contributed by atoms with E-state index in [1.807, 2.05) is 15.9 Å². The van der Waals surface area contributed by atoms with Gasteiger partial charge in [0.15, 0.2) is 11.5 Å². The highest BCUT2D eigenvalue weighted by Crippen LogP contribution is 2.28. The van der Waals surface area contributed by atoms with Crippen LogP contribution in [0.2, 0.25) is 0 Å². The van der Waals surface area contributed by atoms with Gasteiger partial charge >= 0.3 is 24.3 Å². The van der Waals surface area contributed by atoms with Gasteiger partial charge in [-0.3, -0.25) is 4.90 Å². The van der Waals surface area contributed by atoms with Crippen molar-refractivity contribution in [1.29, 1.82) is 0 Å². The highest BCUT2D eigenvalue weighted by atomic mass is 32.1. The van der Waals surface area contributed by atoms with Crippen LogP contribution in [0.1, 0.15) is 34.3 Å². The predicted molar refractivity (Wildman–Crippen MR) is 140 cm³/mol. The number of fused-ring (bicyclic) bond motifs is 1. The molecule has 0 saturated carbocycles. The molecule has 0 aliphatic carbocycles. The number of aryl methyl sites for hydroxylation is 1. The summed E-state index contributed by atoms with van der Waals surface area (Å²) in [5.41, 5.74) is 2.15. The van der Waals surface area contributed by atoms with Crippen molar-refractivity contribution in [2.45, 2.75) is 44.6 Å². The number of ether oxygens (including phenoxy) is 1. The minimum atomic E-state index is -5.08. The van der Waals surface area contributed by atoms with Gasteiger partial charge in [-0.15, -0.1) is 11.3 Å². The van der Waals surface area contributed by atoms with Crippen molar-refractivity contribution in [3.8, 4) is 0 Å². The van der Waals surface area contributed by atoms with Gasteiger partial charge in [0.05, 0.1) is 25.1 Å². The molecule has 3 aromatic heterocycles. The lowest BCUT2D eigenvalue weighted by Gasteiger charge is -2.30. The topological polar surface area (TPSA) is 121 Å². The van der Waals surface area contributed by atoms with Crippen molar-refractivity contribution < 1.29 is 50.9 Å². The lowest BCUT2D eigenvalue weighted by Crippen LogP contribution is -2.36. The average Bonchev–Trinajstić information content (AvgIpc) is 3.54. The molecule has 42 heavy (non-hydrogen) atoms. The van der Waals surface area contributed by atoms with Gasteiger partial charge in [-0.2, -0.15) is 31.4 Å². The van der Waals surface area contributed by atoms with E-state index in [0.29, 0.717) is 5.92 Å². The summed E-state index contributed by atoms with van der Waals surface area (Å²) in [5, 5.41) is 19.1. The fourth-order valence-electron chi connectivity index (χ4n) is 4.21. The molecule has 0 bridgehead atoms. The molecule has 2 saturated heterocycles. The number of hydrogen-bond donors (Lipinski definition) is 2. The molecule has 5 heterocycles. The number of aliphatic carboxylic acids is 2. The quantitative estimate of drug-likeness (QED) is 0.402. The van der Waals surface area contributed by atoms with Crippen LogP contribution >= 0.6 is 11.3 Å². The first-order valence-corrected chi connectivity index (χ1v) is 13.5. The number of halogens is 6. The molecular weight excluding hydrogens is 596 g/mol. The zero-order chi connectivity index (χ0) is 31.1. The Morgan fingerprint density at radius 2 is 1.52 bits per heavy atom. The minimum Gasteiger partial charge on any atom is -0.475 e. The van der Waals surface area contributed by atoms with E-state index in [2.05, 4.69) is 47.2 Å². The van der Waals surface area contributed by atoms with E-state index in [9.17, 15) is 26.3 Å². The first-order valence-electron chi connectivity index (χ1n) is 12.7. The monoisotopic (exact) mass is 625 g/mol. The van der Waals surface area contributed by atoms with Crippen LogP contribution in [0.25, 0.3) is 5.65 Å². The first-order chi connectivity index (χ1) is 19.6. The molecule has 2 aliphatic rings. The smallest absolute Gasteiger partial charge is 0.475 e. The van der Waals surface area contributed by atoms with E-state index < -0.39 is 24.3 Å². The Hall–Kier alpha value is -3.44. The van der Waals surface area contributed by atoms with E-state index in [4.69, 9.17) is 34.6 Å². The number of carboxylic acids is 2. The zero-order valence-corrected chi connectivity index (χ0v) is 23.2. The van der Waals surface area contributed by atoms with Gasteiger partial charge in [-0.25, -0.2) is 19.1 Å². The fraction of sp³-hybridized carbons (Fsp3) is 0.520. The third-order valence-electron chi connectivity index (χ3n) is 6.32. The van der Waals surface area contributed by atoms with Crippen LogP contribution < -0.4 is 4.90 Å². The summed E-state index contributed by atoms with van der Waals surface area (Å²) < 4.78 is 70.9. The number of piperidine rings is 1. The van der Waals surface area contributed by atoms with Crippen LogP contribution in [0.15, 0.2) is 30.5 Å². The van der Waals surface area contributed by atoms with Gasteiger partial charge in [0.25, 0.3) is 0 Å². The van der Waals surface area contributed by atoms with Crippen molar-refractivity contribution in [2.75, 3.05) is 44.3 Å². The average molecular weight is 626 g/mol. The number of hydrogen-bond acceptors (Lipinski definition) is 8. The molecule has 0 amide bonds. The number of likely N-dealkylation sites (tertiary alicyclic amines) is 1. The van der Waals surface area contributed by atoms with Crippen LogP contribution in [-0.2, 0) is 20.9 Å². The molecule has 2 fully saturated rings. The zero-order valence-electron chi connectivity index (χ0n) is 22.4. The predicted octanol–water partition coefficient (Wildman–Crippen LogP) is 4.58. The minimum absolute atomic E-state index is 0.466. The van der Waals surface area contributed by atoms with Gasteiger partial charge in [0.2, 0.25) is 0 Å². The molecule has 0 spiro atoms. The lowest BCUT2D eigenvalue weighted by molar-refractivity contribution is -0.193. The number of carbonyl (C=O) groups is 2. The largest absolute Gasteiger partial charge is 0.490 e. The maximum absolute atomic E-state index is 10.6. The van der Waals surface area contributed by atoms with E-state index in [1.54, 1.807) is 0 Å². The number of rotatable bonds is 4. The van der Waals surface area contributed by atoms with Crippen LogP contribution in [0, 0.1) is 6.92 Å². The summed E-state index contributed by atoms with van der Waals surface area (Å²) >= 11 is 1.91. The summed E-state index contributed by atoms with van der Waals surface area (Å²) in [6, 6.07) is 8.74. The number of morpholine rings is 1. The van der Waals surface area contributed by atoms with Gasteiger partial charge in [-0.1, -0.05) is 0 Å². The van der Waals surface area contributed by atoms with Gasteiger partial charge in [0.1, 0.15) is 0 Å². The number of nitrogens with zero attached hydrogens (tertiary/aromatic N) is 5. The third-order valence-corrected chi connectivity index (χ3v) is 7.31. The molecule has 0 atom stereocenters. The Kier molecular flexibility index (Phi) is 11.1. The number of aromatic nitrogens is 3. The van der Waals surface area contributed by atoms with Crippen LogP contribution in [0.4, 0.5) is 32.0 Å². The molecular formula is C25H29F6N5O5S. The second kappa shape index (κ2) is 14.2. The highest BCUT2D eigenvalue weighted by Gasteiger charge is 2.38. The normalized spacial score (nSPS) is 16.8. The summed E-state index contributed by atoms with van der Waals surface area (Å²) in [7, 11) is 0. The molecule has 17 heteroatoms. The number of carboxylic acid groups (broad SMARTS) is 2. The molecule has 10 nitrogen and oxygen atoms in total.